The Bertz CT molecular complexity index is 1070. The lowest BCUT2D eigenvalue weighted by Gasteiger charge is -2.15. The number of carbonyl (C=O) groups is 1. The van der Waals surface area contributed by atoms with Crippen molar-refractivity contribution in [1.29, 1.82) is 10.9 Å². The summed E-state index contributed by atoms with van der Waals surface area (Å²) in [6.07, 6.45) is 0.421. The molecule has 3 N–H and O–H groups in total. The Balaban J connectivity index is 1.69. The van der Waals surface area contributed by atoms with Gasteiger partial charge in [0.1, 0.15) is 12.4 Å². The molecule has 0 aliphatic carbocycles. The standard InChI is InChI=1S/C24H23ClN4O2/c1-28-23-5-3-2-4-20(23)22(26)15-31-19-12-8-17(9-13-19)21(24(30)29-27)14-16-6-10-18(25)11-7-16/h2-13,21,26-28H,14-15H2,1H3. The zero-order valence-electron chi connectivity index (χ0n) is 17.1. The highest BCUT2D eigenvalue weighted by molar-refractivity contribution is 6.30. The molecule has 158 valence electrons. The summed E-state index contributed by atoms with van der Waals surface area (Å²) in [5.74, 6) is -0.474. The third-order valence-corrected chi connectivity index (χ3v) is 5.20. The Morgan fingerprint density at radius 2 is 1.74 bits per heavy atom. The molecule has 1 amide bonds. The predicted octanol–water partition coefficient (Wildman–Crippen LogP) is 5.71. The number of ether oxygens (including phenoxy) is 1. The summed E-state index contributed by atoms with van der Waals surface area (Å²) in [6.45, 7) is 0.118. The summed E-state index contributed by atoms with van der Waals surface area (Å²) in [5, 5.41) is 15.1. The quantitative estimate of drug-likeness (QED) is 0.297. The summed E-state index contributed by atoms with van der Waals surface area (Å²) in [6, 6.07) is 22.0. The number of anilines is 1. The zero-order valence-corrected chi connectivity index (χ0v) is 17.8. The van der Waals surface area contributed by atoms with Crippen LogP contribution in [0.15, 0.2) is 77.9 Å². The maximum Gasteiger partial charge on any atom is 0.271 e. The molecule has 0 aliphatic rings. The van der Waals surface area contributed by atoms with E-state index < -0.39 is 11.8 Å². The molecular formula is C24H23ClN4O2. The lowest BCUT2D eigenvalue weighted by molar-refractivity contribution is -0.120. The fraction of sp³-hybridized carbons (Fsp3) is 0.167. The molecule has 0 radical (unpaired) electrons. The molecule has 3 rings (SSSR count). The molecule has 0 aliphatic heterocycles. The topological polar surface area (TPSA) is 98.4 Å². The van der Waals surface area contributed by atoms with Crippen LogP contribution in [0.3, 0.4) is 0 Å². The van der Waals surface area contributed by atoms with Gasteiger partial charge in [0.05, 0.1) is 11.6 Å². The van der Waals surface area contributed by atoms with Crippen LogP contribution in [0.25, 0.3) is 0 Å². The monoisotopic (exact) mass is 434 g/mol. The van der Waals surface area contributed by atoms with E-state index in [0.29, 0.717) is 22.9 Å². The van der Waals surface area contributed by atoms with E-state index in [1.165, 1.54) is 0 Å². The van der Waals surface area contributed by atoms with E-state index in [0.717, 1.165) is 22.4 Å². The van der Waals surface area contributed by atoms with Crippen molar-refractivity contribution in [3.8, 4) is 5.75 Å². The number of halogens is 1. The van der Waals surface area contributed by atoms with Gasteiger partial charge in [0.2, 0.25) is 0 Å². The second-order valence-electron chi connectivity index (χ2n) is 6.97. The van der Waals surface area contributed by atoms with Crippen LogP contribution in [-0.2, 0) is 11.2 Å². The molecule has 0 bridgehead atoms. The van der Waals surface area contributed by atoms with Gasteiger partial charge in [0.15, 0.2) is 0 Å². The first-order valence-electron chi connectivity index (χ1n) is 9.75. The Labute approximate surface area is 186 Å². The molecule has 0 saturated heterocycles. The van der Waals surface area contributed by atoms with Crippen LogP contribution in [0.1, 0.15) is 22.6 Å². The number of nitrogens with one attached hydrogen (secondary N) is 3. The van der Waals surface area contributed by atoms with Gasteiger partial charge in [-0.1, -0.05) is 54.1 Å². The number of para-hydroxylation sites is 1. The van der Waals surface area contributed by atoms with Gasteiger partial charge in [-0.3, -0.25) is 4.79 Å². The molecule has 7 heteroatoms. The minimum atomic E-state index is -0.562. The van der Waals surface area contributed by atoms with Crippen molar-refractivity contribution in [3.05, 3.63) is 94.5 Å². The van der Waals surface area contributed by atoms with Crippen LogP contribution >= 0.6 is 11.6 Å². The van der Waals surface area contributed by atoms with Crippen molar-refractivity contribution >= 4 is 28.9 Å². The largest absolute Gasteiger partial charge is 0.487 e. The van der Waals surface area contributed by atoms with Crippen molar-refractivity contribution in [2.75, 3.05) is 19.0 Å². The first kappa shape index (κ1) is 22.2. The van der Waals surface area contributed by atoms with Crippen molar-refractivity contribution in [2.45, 2.75) is 12.3 Å². The van der Waals surface area contributed by atoms with Gasteiger partial charge in [0.25, 0.3) is 5.91 Å². The van der Waals surface area contributed by atoms with Gasteiger partial charge < -0.3 is 15.5 Å². The average Bonchev–Trinajstić information content (AvgIpc) is 2.82. The fourth-order valence-electron chi connectivity index (χ4n) is 3.28. The van der Waals surface area contributed by atoms with Crippen LogP contribution in [0.4, 0.5) is 5.69 Å². The summed E-state index contributed by atoms with van der Waals surface area (Å²) >= 11 is 5.93. The molecule has 0 heterocycles. The lowest BCUT2D eigenvalue weighted by atomic mass is 9.91. The average molecular weight is 435 g/mol. The van der Waals surface area contributed by atoms with Crippen molar-refractivity contribution < 1.29 is 9.53 Å². The zero-order chi connectivity index (χ0) is 22.2. The van der Waals surface area contributed by atoms with Crippen LogP contribution in [-0.4, -0.2) is 25.3 Å². The minimum Gasteiger partial charge on any atom is -0.487 e. The third-order valence-electron chi connectivity index (χ3n) is 4.95. The lowest BCUT2D eigenvalue weighted by Crippen LogP contribution is -2.14. The van der Waals surface area contributed by atoms with Crippen molar-refractivity contribution in [2.24, 2.45) is 5.11 Å². The van der Waals surface area contributed by atoms with Gasteiger partial charge in [-0.2, -0.15) is 0 Å². The molecule has 3 aromatic carbocycles. The highest BCUT2D eigenvalue weighted by atomic mass is 35.5. The normalized spacial score (nSPS) is 11.4. The molecule has 1 unspecified atom stereocenters. The molecule has 0 spiro atoms. The molecule has 6 nitrogen and oxygen atoms in total. The summed E-state index contributed by atoms with van der Waals surface area (Å²) in [5.41, 5.74) is 10.9. The smallest absolute Gasteiger partial charge is 0.271 e. The van der Waals surface area contributed by atoms with Gasteiger partial charge in [-0.05, 0) is 47.9 Å². The van der Waals surface area contributed by atoms with E-state index in [4.69, 9.17) is 27.3 Å². The molecule has 3 aromatic rings. The second kappa shape index (κ2) is 10.5. The molecule has 0 saturated carbocycles. The van der Waals surface area contributed by atoms with Crippen molar-refractivity contribution in [1.82, 2.24) is 0 Å². The molecule has 0 fully saturated rings. The Morgan fingerprint density at radius 3 is 2.39 bits per heavy atom. The number of hydrogen-bond acceptors (Lipinski definition) is 5. The number of carbonyl (C=O) groups excluding carboxylic acids is 1. The number of rotatable bonds is 9. The van der Waals surface area contributed by atoms with E-state index in [-0.39, 0.29) is 6.61 Å². The SMILES string of the molecule is CNc1ccccc1C(=N)COc1ccc(C(Cc2ccc(Cl)cc2)C(=O)N=N)cc1. The Morgan fingerprint density at radius 1 is 1.06 bits per heavy atom. The summed E-state index contributed by atoms with van der Waals surface area (Å²) in [4.78, 5) is 12.3. The molecule has 1 atom stereocenters. The maximum atomic E-state index is 12.3. The highest BCUT2D eigenvalue weighted by Gasteiger charge is 2.21. The first-order valence-corrected chi connectivity index (χ1v) is 10.1. The highest BCUT2D eigenvalue weighted by Crippen LogP contribution is 2.26. The predicted molar refractivity (Wildman–Crippen MR) is 123 cm³/mol. The van der Waals surface area contributed by atoms with Gasteiger partial charge >= 0.3 is 0 Å². The molecular weight excluding hydrogens is 412 g/mol. The van der Waals surface area contributed by atoms with E-state index >= 15 is 0 Å². The second-order valence-corrected chi connectivity index (χ2v) is 7.40. The van der Waals surface area contributed by atoms with E-state index in [1.807, 2.05) is 43.4 Å². The Hall–Kier alpha value is -3.51. The van der Waals surface area contributed by atoms with E-state index in [9.17, 15) is 4.79 Å². The molecule has 31 heavy (non-hydrogen) atoms. The fourth-order valence-corrected chi connectivity index (χ4v) is 3.40. The van der Waals surface area contributed by atoms with Crippen LogP contribution in [0.5, 0.6) is 5.75 Å². The number of benzene rings is 3. The maximum absolute atomic E-state index is 12.3. The minimum absolute atomic E-state index is 0.118. The van der Waals surface area contributed by atoms with Crippen LogP contribution < -0.4 is 10.1 Å². The van der Waals surface area contributed by atoms with Crippen molar-refractivity contribution in [3.63, 3.8) is 0 Å². The van der Waals surface area contributed by atoms with E-state index in [1.54, 1.807) is 36.4 Å². The van der Waals surface area contributed by atoms with Gasteiger partial charge in [0, 0.05) is 23.3 Å². The Kier molecular flexibility index (Phi) is 7.51. The van der Waals surface area contributed by atoms with Crippen LogP contribution in [0.2, 0.25) is 5.02 Å². The number of nitrogens with zero attached hydrogens (tertiary/aromatic N) is 1. The van der Waals surface area contributed by atoms with E-state index in [2.05, 4.69) is 10.4 Å². The third kappa shape index (κ3) is 5.77. The van der Waals surface area contributed by atoms with Gasteiger partial charge in [-0.25, -0.2) is 5.53 Å². The molecule has 0 aromatic heterocycles. The number of amides is 1. The van der Waals surface area contributed by atoms with Crippen LogP contribution in [0, 0.1) is 10.9 Å². The summed E-state index contributed by atoms with van der Waals surface area (Å²) < 4.78 is 5.76. The summed E-state index contributed by atoms with van der Waals surface area (Å²) in [7, 11) is 1.82. The number of hydrogen-bond donors (Lipinski definition) is 3. The first-order chi connectivity index (χ1) is 15.0. The van der Waals surface area contributed by atoms with Gasteiger partial charge in [-0.15, -0.1) is 5.11 Å².